The van der Waals surface area contributed by atoms with Gasteiger partial charge in [-0.25, -0.2) is 0 Å². The summed E-state index contributed by atoms with van der Waals surface area (Å²) in [6.07, 6.45) is 0.234. The summed E-state index contributed by atoms with van der Waals surface area (Å²) in [5.41, 5.74) is 1.36. The second-order valence-electron chi connectivity index (χ2n) is 4.83. The van der Waals surface area contributed by atoms with Gasteiger partial charge in [0.2, 0.25) is 11.8 Å². The topological polar surface area (TPSA) is 67.4 Å². The first-order valence-electron chi connectivity index (χ1n) is 7.02. The van der Waals surface area contributed by atoms with Gasteiger partial charge in [0.1, 0.15) is 5.75 Å². The number of methoxy groups -OCH3 is 1. The van der Waals surface area contributed by atoms with E-state index >= 15 is 0 Å². The molecule has 2 aromatic carbocycles. The van der Waals surface area contributed by atoms with Crippen molar-refractivity contribution < 1.29 is 14.3 Å². The van der Waals surface area contributed by atoms with E-state index in [2.05, 4.69) is 10.6 Å². The Morgan fingerprint density at radius 2 is 1.83 bits per heavy atom. The van der Waals surface area contributed by atoms with Crippen molar-refractivity contribution in [2.75, 3.05) is 19.0 Å². The van der Waals surface area contributed by atoms with Crippen LogP contribution in [0.1, 0.15) is 5.56 Å². The van der Waals surface area contributed by atoms with Crippen LogP contribution in [-0.4, -0.2) is 25.5 Å². The number of carbonyl (C=O) groups is 2. The van der Waals surface area contributed by atoms with E-state index < -0.39 is 0 Å². The van der Waals surface area contributed by atoms with Crippen molar-refractivity contribution in [1.29, 1.82) is 0 Å². The molecule has 2 aromatic rings. The summed E-state index contributed by atoms with van der Waals surface area (Å²) in [4.78, 5) is 23.6. The van der Waals surface area contributed by atoms with Crippen LogP contribution in [0.25, 0.3) is 0 Å². The fourth-order valence-electron chi connectivity index (χ4n) is 1.94. The van der Waals surface area contributed by atoms with Crippen molar-refractivity contribution >= 4 is 29.1 Å². The fraction of sp³-hybridized carbons (Fsp3) is 0.176. The number of halogens is 1. The van der Waals surface area contributed by atoms with Gasteiger partial charge < -0.3 is 15.4 Å². The van der Waals surface area contributed by atoms with E-state index in [4.69, 9.17) is 16.3 Å². The van der Waals surface area contributed by atoms with Gasteiger partial charge in [-0.1, -0.05) is 41.9 Å². The molecule has 0 unspecified atom stereocenters. The van der Waals surface area contributed by atoms with E-state index in [0.717, 1.165) is 5.56 Å². The highest BCUT2D eigenvalue weighted by atomic mass is 35.5. The summed E-state index contributed by atoms with van der Waals surface area (Å²) < 4.78 is 5.04. The average molecular weight is 333 g/mol. The van der Waals surface area contributed by atoms with Crippen LogP contribution < -0.4 is 15.4 Å². The second kappa shape index (κ2) is 8.19. The van der Waals surface area contributed by atoms with Gasteiger partial charge >= 0.3 is 0 Å². The Labute approximate surface area is 139 Å². The van der Waals surface area contributed by atoms with Gasteiger partial charge in [0.25, 0.3) is 0 Å². The maximum absolute atomic E-state index is 11.9. The van der Waals surface area contributed by atoms with Crippen molar-refractivity contribution in [2.45, 2.75) is 6.42 Å². The normalized spacial score (nSPS) is 10.0. The second-order valence-corrected chi connectivity index (χ2v) is 5.24. The summed E-state index contributed by atoms with van der Waals surface area (Å²) in [5.74, 6) is 0.0369. The molecule has 0 saturated carbocycles. The number of hydrogen-bond acceptors (Lipinski definition) is 3. The zero-order valence-corrected chi connectivity index (χ0v) is 13.4. The van der Waals surface area contributed by atoms with Crippen molar-refractivity contribution in [3.8, 4) is 5.75 Å². The molecule has 0 aliphatic carbocycles. The van der Waals surface area contributed by atoms with Gasteiger partial charge in [-0.05, 0) is 17.7 Å². The molecule has 0 atom stereocenters. The Morgan fingerprint density at radius 3 is 2.48 bits per heavy atom. The van der Waals surface area contributed by atoms with Crippen molar-refractivity contribution in [3.63, 3.8) is 0 Å². The smallest absolute Gasteiger partial charge is 0.243 e. The molecule has 0 bridgehead atoms. The number of carbonyl (C=O) groups excluding carboxylic acids is 2. The van der Waals surface area contributed by atoms with Gasteiger partial charge in [-0.2, -0.15) is 0 Å². The van der Waals surface area contributed by atoms with Crippen LogP contribution in [0.5, 0.6) is 5.75 Å². The first kappa shape index (κ1) is 16.8. The quantitative estimate of drug-likeness (QED) is 0.854. The standard InChI is InChI=1S/C17H17ClN2O3/c1-23-13-7-8-15(14(18)10-13)20-17(22)11-19-16(21)9-12-5-3-2-4-6-12/h2-8,10H,9,11H2,1H3,(H,19,21)(H,20,22). The zero-order valence-electron chi connectivity index (χ0n) is 12.6. The van der Waals surface area contributed by atoms with Gasteiger partial charge in [0.05, 0.1) is 30.8 Å². The Kier molecular flexibility index (Phi) is 6.00. The number of amides is 2. The van der Waals surface area contributed by atoms with Gasteiger partial charge in [-0.3, -0.25) is 9.59 Å². The fourth-order valence-corrected chi connectivity index (χ4v) is 2.16. The van der Waals surface area contributed by atoms with Crippen molar-refractivity contribution in [2.24, 2.45) is 0 Å². The lowest BCUT2D eigenvalue weighted by atomic mass is 10.1. The molecule has 0 fully saturated rings. The SMILES string of the molecule is COc1ccc(NC(=O)CNC(=O)Cc2ccccc2)c(Cl)c1. The Morgan fingerprint density at radius 1 is 1.09 bits per heavy atom. The van der Waals surface area contributed by atoms with Crippen LogP contribution in [0, 0.1) is 0 Å². The summed E-state index contributed by atoms with van der Waals surface area (Å²) in [5, 5.41) is 5.58. The molecule has 6 heteroatoms. The highest BCUT2D eigenvalue weighted by Gasteiger charge is 2.09. The average Bonchev–Trinajstić information content (AvgIpc) is 2.56. The van der Waals surface area contributed by atoms with Crippen LogP contribution in [0.3, 0.4) is 0 Å². The minimum Gasteiger partial charge on any atom is -0.497 e. The maximum Gasteiger partial charge on any atom is 0.243 e. The number of benzene rings is 2. The molecule has 120 valence electrons. The largest absolute Gasteiger partial charge is 0.497 e. The number of anilines is 1. The number of hydrogen-bond donors (Lipinski definition) is 2. The maximum atomic E-state index is 11.9. The van der Waals surface area contributed by atoms with E-state index in [9.17, 15) is 9.59 Å². The minimum atomic E-state index is -0.349. The van der Waals surface area contributed by atoms with Crippen LogP contribution >= 0.6 is 11.6 Å². The molecule has 0 aliphatic rings. The molecule has 2 rings (SSSR count). The highest BCUT2D eigenvalue weighted by Crippen LogP contribution is 2.26. The predicted molar refractivity (Wildman–Crippen MR) is 89.8 cm³/mol. The van der Waals surface area contributed by atoms with E-state index in [1.807, 2.05) is 30.3 Å². The van der Waals surface area contributed by atoms with Crippen molar-refractivity contribution in [3.05, 3.63) is 59.1 Å². The van der Waals surface area contributed by atoms with Crippen LogP contribution in [0.2, 0.25) is 5.02 Å². The first-order valence-corrected chi connectivity index (χ1v) is 7.40. The molecule has 0 aliphatic heterocycles. The highest BCUT2D eigenvalue weighted by molar-refractivity contribution is 6.33. The lowest BCUT2D eigenvalue weighted by molar-refractivity contribution is -0.123. The molecule has 0 heterocycles. The first-order chi connectivity index (χ1) is 11.1. The monoisotopic (exact) mass is 332 g/mol. The molecule has 0 spiro atoms. The summed E-state index contributed by atoms with van der Waals surface area (Å²) >= 11 is 6.04. The summed E-state index contributed by atoms with van der Waals surface area (Å²) in [6.45, 7) is -0.117. The number of ether oxygens (including phenoxy) is 1. The molecule has 0 radical (unpaired) electrons. The third-order valence-electron chi connectivity index (χ3n) is 3.10. The van der Waals surface area contributed by atoms with E-state index in [1.165, 1.54) is 7.11 Å². The Bertz CT molecular complexity index is 689. The molecule has 0 saturated heterocycles. The minimum absolute atomic E-state index is 0.117. The van der Waals surface area contributed by atoms with Crippen LogP contribution in [0.15, 0.2) is 48.5 Å². The number of nitrogens with one attached hydrogen (secondary N) is 2. The van der Waals surface area contributed by atoms with Gasteiger partial charge in [0.15, 0.2) is 0 Å². The molecule has 0 aromatic heterocycles. The molecular weight excluding hydrogens is 316 g/mol. The summed E-state index contributed by atoms with van der Waals surface area (Å²) in [6, 6.07) is 14.3. The van der Waals surface area contributed by atoms with Crippen molar-refractivity contribution in [1.82, 2.24) is 5.32 Å². The Hall–Kier alpha value is -2.53. The van der Waals surface area contributed by atoms with E-state index in [-0.39, 0.29) is 24.8 Å². The zero-order chi connectivity index (χ0) is 16.7. The Balaban J connectivity index is 1.82. The predicted octanol–water partition coefficient (Wildman–Crippen LogP) is 2.65. The van der Waals surface area contributed by atoms with Crippen LogP contribution in [-0.2, 0) is 16.0 Å². The molecule has 2 N–H and O–H groups in total. The van der Waals surface area contributed by atoms with E-state index in [0.29, 0.717) is 16.5 Å². The van der Waals surface area contributed by atoms with E-state index in [1.54, 1.807) is 18.2 Å². The third-order valence-corrected chi connectivity index (χ3v) is 3.42. The lowest BCUT2D eigenvalue weighted by Crippen LogP contribution is -2.33. The molecule has 5 nitrogen and oxygen atoms in total. The molecular formula is C17H17ClN2O3. The molecule has 2 amide bonds. The van der Waals surface area contributed by atoms with Crippen LogP contribution in [0.4, 0.5) is 5.69 Å². The summed E-state index contributed by atoms with van der Waals surface area (Å²) in [7, 11) is 1.53. The lowest BCUT2D eigenvalue weighted by Gasteiger charge is -2.09. The third kappa shape index (κ3) is 5.30. The van der Waals surface area contributed by atoms with Gasteiger partial charge in [0, 0.05) is 6.07 Å². The van der Waals surface area contributed by atoms with Gasteiger partial charge in [-0.15, -0.1) is 0 Å². The number of rotatable bonds is 6. The molecule has 23 heavy (non-hydrogen) atoms.